The molecule has 2 N–H and O–H groups in total. The van der Waals surface area contributed by atoms with E-state index < -0.39 is 0 Å². The van der Waals surface area contributed by atoms with E-state index in [1.54, 1.807) is 10.7 Å². The Kier molecular flexibility index (Phi) is 6.21. The molecule has 0 fully saturated rings. The first-order valence-electron chi connectivity index (χ1n) is 7.03. The summed E-state index contributed by atoms with van der Waals surface area (Å²) >= 11 is 0. The highest BCUT2D eigenvalue weighted by Gasteiger charge is 2.13. The summed E-state index contributed by atoms with van der Waals surface area (Å²) in [7, 11) is 0. The number of hydrogen-bond donors (Lipinski definition) is 2. The van der Waals surface area contributed by atoms with Crippen molar-refractivity contribution in [2.24, 2.45) is 5.92 Å². The topological polar surface area (TPSA) is 76.0 Å². The lowest BCUT2D eigenvalue weighted by Gasteiger charge is -2.08. The van der Waals surface area contributed by atoms with Gasteiger partial charge in [-0.3, -0.25) is 14.3 Å². The second-order valence-corrected chi connectivity index (χ2v) is 5.20. The normalized spacial score (nSPS) is 10.7. The first-order valence-corrected chi connectivity index (χ1v) is 7.03. The lowest BCUT2D eigenvalue weighted by atomic mass is 10.1. The van der Waals surface area contributed by atoms with Crippen LogP contribution in [0.25, 0.3) is 0 Å². The fourth-order valence-electron chi connectivity index (χ4n) is 1.78. The molecule has 1 aromatic rings. The number of rotatable bonds is 7. The number of hydrogen-bond acceptors (Lipinski definition) is 3. The van der Waals surface area contributed by atoms with Crippen LogP contribution in [0.1, 0.15) is 43.4 Å². The summed E-state index contributed by atoms with van der Waals surface area (Å²) in [4.78, 5) is 23.5. The Morgan fingerprint density at radius 2 is 2.05 bits per heavy atom. The zero-order valence-electron chi connectivity index (χ0n) is 12.7. The number of amides is 2. The second kappa shape index (κ2) is 7.67. The maximum absolute atomic E-state index is 12.0. The van der Waals surface area contributed by atoms with Crippen LogP contribution in [0.4, 0.5) is 0 Å². The van der Waals surface area contributed by atoms with Crippen LogP contribution < -0.4 is 10.6 Å². The number of carbonyl (C=O) groups excluding carboxylic acids is 2. The van der Waals surface area contributed by atoms with E-state index in [2.05, 4.69) is 29.6 Å². The molecule has 0 saturated carbocycles. The summed E-state index contributed by atoms with van der Waals surface area (Å²) in [6.07, 6.45) is 0.932. The van der Waals surface area contributed by atoms with Crippen LogP contribution >= 0.6 is 0 Å². The highest BCUT2D eigenvalue weighted by Crippen LogP contribution is 2.03. The quantitative estimate of drug-likeness (QED) is 0.785. The van der Waals surface area contributed by atoms with Crippen LogP contribution in [0.2, 0.25) is 0 Å². The van der Waals surface area contributed by atoms with Gasteiger partial charge >= 0.3 is 0 Å². The predicted octanol–water partition coefficient (Wildman–Crippen LogP) is 1.10. The van der Waals surface area contributed by atoms with Crippen molar-refractivity contribution in [3.63, 3.8) is 0 Å². The van der Waals surface area contributed by atoms with Crippen LogP contribution in [0.15, 0.2) is 6.07 Å². The van der Waals surface area contributed by atoms with Crippen molar-refractivity contribution in [1.82, 2.24) is 20.4 Å². The Morgan fingerprint density at radius 3 is 2.65 bits per heavy atom. The smallest absolute Gasteiger partial charge is 0.269 e. The molecule has 2 amide bonds. The standard InChI is InChI=1S/C14H24N4O2/c1-5-18-12(8-11(4)17-18)14(20)16-9-13(19)15-7-6-10(2)3/h8,10H,5-7,9H2,1-4H3,(H,15,19)(H,16,20). The molecule has 0 saturated heterocycles. The van der Waals surface area contributed by atoms with E-state index in [1.807, 2.05) is 13.8 Å². The minimum Gasteiger partial charge on any atom is -0.355 e. The van der Waals surface area contributed by atoms with Crippen LogP contribution in [-0.2, 0) is 11.3 Å². The molecule has 0 aliphatic rings. The maximum atomic E-state index is 12.0. The van der Waals surface area contributed by atoms with Crippen molar-refractivity contribution >= 4 is 11.8 Å². The van der Waals surface area contributed by atoms with Crippen molar-refractivity contribution in [2.75, 3.05) is 13.1 Å². The zero-order valence-corrected chi connectivity index (χ0v) is 12.7. The molecule has 6 heteroatoms. The molecule has 0 spiro atoms. The lowest BCUT2D eigenvalue weighted by Crippen LogP contribution is -2.38. The van der Waals surface area contributed by atoms with Gasteiger partial charge in [-0.15, -0.1) is 0 Å². The number of nitrogens with one attached hydrogen (secondary N) is 2. The summed E-state index contributed by atoms with van der Waals surface area (Å²) in [5.41, 5.74) is 1.28. The van der Waals surface area contributed by atoms with Gasteiger partial charge in [0.2, 0.25) is 5.91 Å². The Labute approximate surface area is 119 Å². The SMILES string of the molecule is CCn1nc(C)cc1C(=O)NCC(=O)NCCC(C)C. The van der Waals surface area contributed by atoms with Gasteiger partial charge in [-0.05, 0) is 32.3 Å². The Morgan fingerprint density at radius 1 is 1.35 bits per heavy atom. The fourth-order valence-corrected chi connectivity index (χ4v) is 1.78. The molecule has 0 atom stereocenters. The molecular formula is C14H24N4O2. The van der Waals surface area contributed by atoms with Gasteiger partial charge in [0.1, 0.15) is 5.69 Å². The Bertz CT molecular complexity index is 466. The van der Waals surface area contributed by atoms with Crippen molar-refractivity contribution < 1.29 is 9.59 Å². The minimum atomic E-state index is -0.272. The van der Waals surface area contributed by atoms with E-state index in [0.29, 0.717) is 24.7 Å². The molecule has 20 heavy (non-hydrogen) atoms. The van der Waals surface area contributed by atoms with Crippen LogP contribution in [0, 0.1) is 12.8 Å². The van der Waals surface area contributed by atoms with Gasteiger partial charge in [-0.2, -0.15) is 5.10 Å². The van der Waals surface area contributed by atoms with E-state index in [9.17, 15) is 9.59 Å². The highest BCUT2D eigenvalue weighted by atomic mass is 16.2. The molecular weight excluding hydrogens is 256 g/mol. The number of aromatic nitrogens is 2. The fraction of sp³-hybridized carbons (Fsp3) is 0.643. The number of aryl methyl sites for hydroxylation is 2. The molecule has 0 unspecified atom stereocenters. The van der Waals surface area contributed by atoms with Gasteiger partial charge in [0, 0.05) is 13.1 Å². The van der Waals surface area contributed by atoms with Crippen molar-refractivity contribution in [3.05, 3.63) is 17.5 Å². The highest BCUT2D eigenvalue weighted by molar-refractivity contribution is 5.95. The van der Waals surface area contributed by atoms with Gasteiger partial charge in [-0.1, -0.05) is 13.8 Å². The molecule has 112 valence electrons. The molecule has 1 heterocycles. The average Bonchev–Trinajstić information content (AvgIpc) is 2.76. The predicted molar refractivity (Wildman–Crippen MR) is 77.4 cm³/mol. The third kappa shape index (κ3) is 5.03. The van der Waals surface area contributed by atoms with Gasteiger partial charge in [0.25, 0.3) is 5.91 Å². The van der Waals surface area contributed by atoms with E-state index >= 15 is 0 Å². The minimum absolute atomic E-state index is 0.00906. The summed E-state index contributed by atoms with van der Waals surface area (Å²) in [6, 6.07) is 1.72. The summed E-state index contributed by atoms with van der Waals surface area (Å²) in [5.74, 6) is 0.108. The first kappa shape index (κ1) is 16.2. The monoisotopic (exact) mass is 280 g/mol. The van der Waals surface area contributed by atoms with Crippen LogP contribution in [-0.4, -0.2) is 34.7 Å². The van der Waals surface area contributed by atoms with Gasteiger partial charge in [0.05, 0.1) is 12.2 Å². The Balaban J connectivity index is 2.41. The third-order valence-corrected chi connectivity index (χ3v) is 2.89. The summed E-state index contributed by atoms with van der Waals surface area (Å²) in [5, 5.41) is 9.59. The van der Waals surface area contributed by atoms with Gasteiger partial charge in [0.15, 0.2) is 0 Å². The molecule has 0 radical (unpaired) electrons. The number of nitrogens with zero attached hydrogens (tertiary/aromatic N) is 2. The molecule has 6 nitrogen and oxygen atoms in total. The van der Waals surface area contributed by atoms with Crippen molar-refractivity contribution in [1.29, 1.82) is 0 Å². The third-order valence-electron chi connectivity index (χ3n) is 2.89. The summed E-state index contributed by atoms with van der Waals surface area (Å²) in [6.45, 7) is 9.20. The van der Waals surface area contributed by atoms with E-state index in [0.717, 1.165) is 12.1 Å². The second-order valence-electron chi connectivity index (χ2n) is 5.20. The van der Waals surface area contributed by atoms with E-state index in [-0.39, 0.29) is 18.4 Å². The molecule has 0 bridgehead atoms. The molecule has 0 aliphatic heterocycles. The first-order chi connectivity index (χ1) is 9.43. The Hall–Kier alpha value is -1.85. The van der Waals surface area contributed by atoms with Crippen LogP contribution in [0.3, 0.4) is 0 Å². The van der Waals surface area contributed by atoms with Gasteiger partial charge in [-0.25, -0.2) is 0 Å². The van der Waals surface area contributed by atoms with E-state index in [1.165, 1.54) is 0 Å². The molecule has 1 aromatic heterocycles. The average molecular weight is 280 g/mol. The molecule has 0 aromatic carbocycles. The van der Waals surface area contributed by atoms with E-state index in [4.69, 9.17) is 0 Å². The van der Waals surface area contributed by atoms with Crippen molar-refractivity contribution in [3.8, 4) is 0 Å². The van der Waals surface area contributed by atoms with Gasteiger partial charge < -0.3 is 10.6 Å². The maximum Gasteiger partial charge on any atom is 0.269 e. The zero-order chi connectivity index (χ0) is 15.1. The molecule has 1 rings (SSSR count). The largest absolute Gasteiger partial charge is 0.355 e. The summed E-state index contributed by atoms with van der Waals surface area (Å²) < 4.78 is 1.63. The molecule has 0 aliphatic carbocycles. The van der Waals surface area contributed by atoms with Crippen LogP contribution in [0.5, 0.6) is 0 Å². The van der Waals surface area contributed by atoms with Crippen molar-refractivity contribution in [2.45, 2.75) is 40.7 Å². The lowest BCUT2D eigenvalue weighted by molar-refractivity contribution is -0.120. The number of carbonyl (C=O) groups is 2.